The molecule has 22 heavy (non-hydrogen) atoms. The minimum atomic E-state index is -0.243. The molecule has 0 fully saturated rings. The number of nitrogens with zero attached hydrogens (tertiary/aromatic N) is 2. The van der Waals surface area contributed by atoms with Crippen molar-refractivity contribution in [3.63, 3.8) is 0 Å². The van der Waals surface area contributed by atoms with Gasteiger partial charge < -0.3 is 10.2 Å². The van der Waals surface area contributed by atoms with Crippen LogP contribution in [0.1, 0.15) is 17.2 Å². The number of halogens is 2. The lowest BCUT2D eigenvalue weighted by molar-refractivity contribution is 0.311. The number of anilines is 1. The lowest BCUT2D eigenvalue weighted by atomic mass is 10.1. The number of hydrogen-bond donors (Lipinski definition) is 1. The first-order valence-corrected chi connectivity index (χ1v) is 7.24. The summed E-state index contributed by atoms with van der Waals surface area (Å²) in [6.07, 6.45) is 0. The zero-order valence-electron chi connectivity index (χ0n) is 12.5. The van der Waals surface area contributed by atoms with E-state index in [1.165, 1.54) is 12.1 Å². The van der Waals surface area contributed by atoms with Crippen LogP contribution < -0.4 is 5.32 Å². The van der Waals surface area contributed by atoms with Crippen molar-refractivity contribution >= 4 is 17.3 Å². The van der Waals surface area contributed by atoms with Gasteiger partial charge in [0.05, 0.1) is 16.6 Å². The summed E-state index contributed by atoms with van der Waals surface area (Å²) in [4.78, 5) is 2.06. The fraction of sp³-hybridized carbons (Fsp3) is 0.235. The number of nitriles is 1. The molecule has 1 N–H and O–H groups in total. The highest BCUT2D eigenvalue weighted by atomic mass is 35.5. The highest BCUT2D eigenvalue weighted by Gasteiger charge is 2.14. The van der Waals surface area contributed by atoms with Gasteiger partial charge in [0.15, 0.2) is 0 Å². The molecular formula is C17H17ClFN3. The van der Waals surface area contributed by atoms with Crippen molar-refractivity contribution in [1.29, 1.82) is 5.26 Å². The standard InChI is InChI=1S/C17H17ClFN3/c1-22(2)17(12-3-6-14(19)7-4-12)11-21-15-8-5-13(10-20)16(18)9-15/h3-9,17,21H,11H2,1-2H3. The van der Waals surface area contributed by atoms with E-state index in [0.29, 0.717) is 17.1 Å². The number of likely N-dealkylation sites (N-methyl/N-ethyl adjacent to an activating group) is 1. The summed E-state index contributed by atoms with van der Waals surface area (Å²) in [5.41, 5.74) is 2.33. The maximum Gasteiger partial charge on any atom is 0.123 e. The molecule has 0 aliphatic rings. The Bertz CT molecular complexity index is 677. The number of benzene rings is 2. The third-order valence-electron chi connectivity index (χ3n) is 3.47. The molecule has 1 unspecified atom stereocenters. The molecule has 0 saturated heterocycles. The lowest BCUT2D eigenvalue weighted by Gasteiger charge is -2.25. The topological polar surface area (TPSA) is 39.1 Å². The zero-order valence-corrected chi connectivity index (χ0v) is 13.2. The summed E-state index contributed by atoms with van der Waals surface area (Å²) in [6.45, 7) is 0.640. The summed E-state index contributed by atoms with van der Waals surface area (Å²) in [5.74, 6) is -0.243. The Kier molecular flexibility index (Phi) is 5.37. The van der Waals surface area contributed by atoms with Gasteiger partial charge in [-0.3, -0.25) is 0 Å². The van der Waals surface area contributed by atoms with E-state index < -0.39 is 0 Å². The van der Waals surface area contributed by atoms with Gasteiger partial charge in [-0.1, -0.05) is 23.7 Å². The number of hydrogen-bond acceptors (Lipinski definition) is 3. The van der Waals surface area contributed by atoms with Gasteiger partial charge in [0.1, 0.15) is 11.9 Å². The van der Waals surface area contributed by atoms with Crippen molar-refractivity contribution in [1.82, 2.24) is 4.90 Å². The smallest absolute Gasteiger partial charge is 0.123 e. The third kappa shape index (κ3) is 3.97. The molecule has 0 radical (unpaired) electrons. The van der Waals surface area contributed by atoms with Gasteiger partial charge in [0, 0.05) is 12.2 Å². The second kappa shape index (κ2) is 7.26. The number of rotatable bonds is 5. The monoisotopic (exact) mass is 317 g/mol. The predicted molar refractivity (Wildman–Crippen MR) is 87.5 cm³/mol. The summed E-state index contributed by atoms with van der Waals surface area (Å²) < 4.78 is 13.0. The zero-order chi connectivity index (χ0) is 16.1. The van der Waals surface area contributed by atoms with Crippen LogP contribution in [0.4, 0.5) is 10.1 Å². The molecule has 3 nitrogen and oxygen atoms in total. The maximum atomic E-state index is 13.0. The summed E-state index contributed by atoms with van der Waals surface area (Å²) in [5, 5.41) is 12.6. The summed E-state index contributed by atoms with van der Waals surface area (Å²) >= 11 is 6.03. The molecule has 0 aliphatic carbocycles. The third-order valence-corrected chi connectivity index (χ3v) is 3.78. The minimum absolute atomic E-state index is 0.0926. The molecule has 0 aromatic heterocycles. The van der Waals surface area contributed by atoms with Gasteiger partial charge in [0.2, 0.25) is 0 Å². The molecular weight excluding hydrogens is 301 g/mol. The van der Waals surface area contributed by atoms with E-state index in [1.54, 1.807) is 24.3 Å². The van der Waals surface area contributed by atoms with Crippen molar-refractivity contribution in [2.75, 3.05) is 26.0 Å². The molecule has 2 aromatic rings. The normalized spacial score (nSPS) is 12.0. The first kappa shape index (κ1) is 16.3. The SMILES string of the molecule is CN(C)C(CNc1ccc(C#N)c(Cl)c1)c1ccc(F)cc1. The van der Waals surface area contributed by atoms with E-state index >= 15 is 0 Å². The van der Waals surface area contributed by atoms with Crippen LogP contribution in [-0.4, -0.2) is 25.5 Å². The van der Waals surface area contributed by atoms with Gasteiger partial charge in [0.25, 0.3) is 0 Å². The molecule has 0 amide bonds. The molecule has 0 heterocycles. The molecule has 114 valence electrons. The maximum absolute atomic E-state index is 13.0. The highest BCUT2D eigenvalue weighted by molar-refractivity contribution is 6.32. The minimum Gasteiger partial charge on any atom is -0.383 e. The fourth-order valence-electron chi connectivity index (χ4n) is 2.21. The molecule has 0 saturated carbocycles. The van der Waals surface area contributed by atoms with E-state index in [4.69, 9.17) is 16.9 Å². The van der Waals surface area contributed by atoms with Crippen LogP contribution >= 0.6 is 11.6 Å². The Morgan fingerprint density at radius 1 is 1.23 bits per heavy atom. The Hall–Kier alpha value is -2.09. The van der Waals surface area contributed by atoms with E-state index in [0.717, 1.165) is 11.3 Å². The van der Waals surface area contributed by atoms with E-state index in [1.807, 2.05) is 26.2 Å². The Morgan fingerprint density at radius 2 is 1.91 bits per heavy atom. The van der Waals surface area contributed by atoms with E-state index in [-0.39, 0.29) is 11.9 Å². The molecule has 0 aliphatic heterocycles. The van der Waals surface area contributed by atoms with Crippen LogP contribution in [0.2, 0.25) is 5.02 Å². The van der Waals surface area contributed by atoms with Crippen molar-refractivity contribution in [3.05, 3.63) is 64.4 Å². The van der Waals surface area contributed by atoms with Crippen LogP contribution in [0, 0.1) is 17.1 Å². The van der Waals surface area contributed by atoms with Crippen molar-refractivity contribution < 1.29 is 4.39 Å². The molecule has 0 spiro atoms. The predicted octanol–water partition coefficient (Wildman–Crippen LogP) is 4.07. The van der Waals surface area contributed by atoms with Crippen molar-refractivity contribution in [2.45, 2.75) is 6.04 Å². The molecule has 2 aromatic carbocycles. The average Bonchev–Trinajstić information content (AvgIpc) is 2.49. The quantitative estimate of drug-likeness (QED) is 0.903. The van der Waals surface area contributed by atoms with Gasteiger partial charge in [-0.2, -0.15) is 5.26 Å². The highest BCUT2D eigenvalue weighted by Crippen LogP contribution is 2.23. The molecule has 1 atom stereocenters. The van der Waals surface area contributed by atoms with Crippen molar-refractivity contribution in [2.24, 2.45) is 0 Å². The van der Waals surface area contributed by atoms with Crippen molar-refractivity contribution in [3.8, 4) is 6.07 Å². The van der Waals surface area contributed by atoms with Gasteiger partial charge in [-0.25, -0.2) is 4.39 Å². The van der Waals surface area contributed by atoms with Crippen LogP contribution in [0.3, 0.4) is 0 Å². The van der Waals surface area contributed by atoms with E-state index in [9.17, 15) is 4.39 Å². The van der Waals surface area contributed by atoms with Gasteiger partial charge in [-0.05, 0) is 50.0 Å². The first-order chi connectivity index (χ1) is 10.5. The summed E-state index contributed by atoms with van der Waals surface area (Å²) in [7, 11) is 3.95. The number of nitrogens with one attached hydrogen (secondary N) is 1. The summed E-state index contributed by atoms with van der Waals surface area (Å²) in [6, 6.07) is 13.9. The van der Waals surface area contributed by atoms with E-state index in [2.05, 4.69) is 10.2 Å². The first-order valence-electron chi connectivity index (χ1n) is 6.86. The average molecular weight is 318 g/mol. The lowest BCUT2D eigenvalue weighted by Crippen LogP contribution is -2.26. The molecule has 2 rings (SSSR count). The van der Waals surface area contributed by atoms with Crippen LogP contribution in [0.15, 0.2) is 42.5 Å². The molecule has 0 bridgehead atoms. The second-order valence-corrected chi connectivity index (χ2v) is 5.63. The fourth-order valence-corrected chi connectivity index (χ4v) is 2.44. The van der Waals surface area contributed by atoms with Crippen LogP contribution in [0.25, 0.3) is 0 Å². The molecule has 5 heteroatoms. The second-order valence-electron chi connectivity index (χ2n) is 5.22. The largest absolute Gasteiger partial charge is 0.383 e. The van der Waals surface area contributed by atoms with Gasteiger partial charge in [-0.15, -0.1) is 0 Å². The van der Waals surface area contributed by atoms with Crippen LogP contribution in [0.5, 0.6) is 0 Å². The van der Waals surface area contributed by atoms with Crippen LogP contribution in [-0.2, 0) is 0 Å². The Labute approximate surface area is 134 Å². The Morgan fingerprint density at radius 3 is 2.45 bits per heavy atom. The van der Waals surface area contributed by atoms with Gasteiger partial charge >= 0.3 is 0 Å². The Balaban J connectivity index is 2.11.